The van der Waals surface area contributed by atoms with Gasteiger partial charge in [-0.2, -0.15) is 0 Å². The number of rotatable bonds is 6. The first-order valence-electron chi connectivity index (χ1n) is 8.43. The number of hydrogen-bond acceptors (Lipinski definition) is 2. The van der Waals surface area contributed by atoms with Gasteiger partial charge in [0, 0.05) is 18.8 Å². The molecule has 1 aliphatic heterocycles. The number of carbonyl (C=O) groups is 1. The highest BCUT2D eigenvalue weighted by Crippen LogP contribution is 2.47. The van der Waals surface area contributed by atoms with Crippen molar-refractivity contribution in [1.82, 2.24) is 5.32 Å². The molecule has 1 unspecified atom stereocenters. The number of anilines is 1. The molecule has 0 saturated heterocycles. The number of fused-ring (bicyclic) bond motifs is 1. The summed E-state index contributed by atoms with van der Waals surface area (Å²) < 4.78 is 0. The topological polar surface area (TPSA) is 32.3 Å². The lowest BCUT2D eigenvalue weighted by molar-refractivity contribution is -0.121. The lowest BCUT2D eigenvalue weighted by atomic mass is 9.73. The first kappa shape index (κ1) is 15.8. The maximum atomic E-state index is 13.4. The predicted molar refractivity (Wildman–Crippen MR) is 94.9 cm³/mol. The number of benzene rings is 2. The molecule has 0 saturated carbocycles. The molecule has 0 aliphatic carbocycles. The second-order valence-corrected chi connectivity index (χ2v) is 5.95. The average molecular weight is 308 g/mol. The van der Waals surface area contributed by atoms with Crippen LogP contribution in [0.25, 0.3) is 0 Å². The van der Waals surface area contributed by atoms with Gasteiger partial charge in [0.05, 0.1) is 0 Å². The Bertz CT molecular complexity index is 683. The Kier molecular flexibility index (Phi) is 4.49. The van der Waals surface area contributed by atoms with Crippen LogP contribution in [-0.2, 0) is 10.2 Å². The minimum Gasteiger partial charge on any atom is -0.315 e. The summed E-state index contributed by atoms with van der Waals surface area (Å²) in [6.07, 6.45) is 0.768. The van der Waals surface area contributed by atoms with Gasteiger partial charge in [-0.25, -0.2) is 0 Å². The third kappa shape index (κ3) is 2.45. The zero-order chi connectivity index (χ0) is 16.3. The van der Waals surface area contributed by atoms with E-state index in [-0.39, 0.29) is 5.91 Å². The number of nitrogens with one attached hydrogen (secondary N) is 1. The maximum Gasteiger partial charge on any atom is 0.242 e. The molecule has 23 heavy (non-hydrogen) atoms. The van der Waals surface area contributed by atoms with Gasteiger partial charge in [0.1, 0.15) is 5.41 Å². The van der Waals surface area contributed by atoms with Crippen LogP contribution >= 0.6 is 0 Å². The summed E-state index contributed by atoms with van der Waals surface area (Å²) in [6, 6.07) is 18.4. The Hall–Kier alpha value is -2.13. The third-order valence-corrected chi connectivity index (χ3v) is 4.82. The number of carbonyl (C=O) groups excluding carboxylic acids is 1. The Morgan fingerprint density at radius 3 is 2.39 bits per heavy atom. The van der Waals surface area contributed by atoms with Gasteiger partial charge in [-0.3, -0.25) is 4.79 Å². The first-order chi connectivity index (χ1) is 11.3. The fraction of sp³-hybridized carbons (Fsp3) is 0.350. The molecule has 2 aromatic rings. The lowest BCUT2D eigenvalue weighted by Gasteiger charge is -2.28. The molecule has 120 valence electrons. The second kappa shape index (κ2) is 6.55. The molecular formula is C20H24N2O. The average Bonchev–Trinajstić information content (AvgIpc) is 2.85. The largest absolute Gasteiger partial charge is 0.315 e. The molecular weight excluding hydrogens is 284 g/mol. The van der Waals surface area contributed by atoms with Gasteiger partial charge < -0.3 is 10.2 Å². The molecule has 0 bridgehead atoms. The number of amides is 1. The van der Waals surface area contributed by atoms with Gasteiger partial charge in [-0.15, -0.1) is 0 Å². The summed E-state index contributed by atoms with van der Waals surface area (Å²) in [5.74, 6) is 0.199. The molecule has 0 radical (unpaired) electrons. The van der Waals surface area contributed by atoms with Crippen molar-refractivity contribution in [2.75, 3.05) is 24.5 Å². The van der Waals surface area contributed by atoms with Crippen LogP contribution < -0.4 is 10.2 Å². The van der Waals surface area contributed by atoms with Crippen LogP contribution in [0.15, 0.2) is 54.6 Å². The van der Waals surface area contributed by atoms with E-state index in [1.54, 1.807) is 0 Å². The summed E-state index contributed by atoms with van der Waals surface area (Å²) in [7, 11) is 0. The van der Waals surface area contributed by atoms with Crippen LogP contribution in [0.4, 0.5) is 5.69 Å². The monoisotopic (exact) mass is 308 g/mol. The highest BCUT2D eigenvalue weighted by Gasteiger charge is 2.50. The summed E-state index contributed by atoms with van der Waals surface area (Å²) in [5, 5.41) is 3.32. The molecule has 0 spiro atoms. The van der Waals surface area contributed by atoms with Crippen LogP contribution in [-0.4, -0.2) is 25.5 Å². The Labute approximate surface area is 138 Å². The van der Waals surface area contributed by atoms with Crippen molar-refractivity contribution in [3.8, 4) is 0 Å². The molecule has 1 heterocycles. The van der Waals surface area contributed by atoms with Crippen LogP contribution in [0.3, 0.4) is 0 Å². The van der Waals surface area contributed by atoms with Crippen molar-refractivity contribution in [1.29, 1.82) is 0 Å². The molecule has 1 amide bonds. The summed E-state index contributed by atoms with van der Waals surface area (Å²) in [6.45, 7) is 6.63. The molecule has 1 aliphatic rings. The SMILES string of the molecule is CCNCCN1C(=O)C(CC)(c2ccccc2)c2ccccc21. The summed E-state index contributed by atoms with van der Waals surface area (Å²) >= 11 is 0. The Balaban J connectivity index is 2.09. The van der Waals surface area contributed by atoms with Gasteiger partial charge in [-0.05, 0) is 30.2 Å². The van der Waals surface area contributed by atoms with Crippen molar-refractivity contribution < 1.29 is 4.79 Å². The quantitative estimate of drug-likeness (QED) is 0.830. The van der Waals surface area contributed by atoms with Crippen molar-refractivity contribution in [2.24, 2.45) is 0 Å². The number of para-hydroxylation sites is 1. The van der Waals surface area contributed by atoms with Crippen molar-refractivity contribution in [3.63, 3.8) is 0 Å². The lowest BCUT2D eigenvalue weighted by Crippen LogP contribution is -2.43. The van der Waals surface area contributed by atoms with Gasteiger partial charge in [0.15, 0.2) is 0 Å². The van der Waals surface area contributed by atoms with E-state index >= 15 is 0 Å². The van der Waals surface area contributed by atoms with Gasteiger partial charge >= 0.3 is 0 Å². The van der Waals surface area contributed by atoms with E-state index in [2.05, 4.69) is 43.4 Å². The smallest absolute Gasteiger partial charge is 0.242 e. The van der Waals surface area contributed by atoms with Crippen molar-refractivity contribution in [2.45, 2.75) is 25.7 Å². The molecule has 0 fully saturated rings. The minimum absolute atomic E-state index is 0.199. The zero-order valence-electron chi connectivity index (χ0n) is 13.9. The normalized spacial score (nSPS) is 19.9. The second-order valence-electron chi connectivity index (χ2n) is 5.95. The van der Waals surface area contributed by atoms with E-state index in [0.717, 1.165) is 36.3 Å². The Morgan fingerprint density at radius 1 is 1.00 bits per heavy atom. The number of hydrogen-bond donors (Lipinski definition) is 1. The predicted octanol–water partition coefficient (Wildman–Crippen LogP) is 3.34. The van der Waals surface area contributed by atoms with Crippen LogP contribution in [0.1, 0.15) is 31.4 Å². The number of likely N-dealkylation sites (N-methyl/N-ethyl adjacent to an activating group) is 1. The number of nitrogens with zero attached hydrogens (tertiary/aromatic N) is 1. The van der Waals surface area contributed by atoms with Gasteiger partial charge in [0.2, 0.25) is 5.91 Å². The fourth-order valence-electron chi connectivity index (χ4n) is 3.66. The van der Waals surface area contributed by atoms with Crippen molar-refractivity contribution >= 4 is 11.6 Å². The van der Waals surface area contributed by atoms with Crippen LogP contribution in [0.2, 0.25) is 0 Å². The van der Waals surface area contributed by atoms with E-state index in [9.17, 15) is 4.79 Å². The van der Waals surface area contributed by atoms with Gasteiger partial charge in [-0.1, -0.05) is 62.4 Å². The van der Waals surface area contributed by atoms with Gasteiger partial charge in [0.25, 0.3) is 0 Å². The summed E-state index contributed by atoms with van der Waals surface area (Å²) in [4.78, 5) is 15.4. The Morgan fingerprint density at radius 2 is 1.70 bits per heavy atom. The molecule has 3 nitrogen and oxygen atoms in total. The minimum atomic E-state index is -0.552. The summed E-state index contributed by atoms with van der Waals surface area (Å²) in [5.41, 5.74) is 2.73. The standard InChI is InChI=1S/C20H24N2O/c1-3-20(16-10-6-5-7-11-16)17-12-8-9-13-18(17)22(19(20)23)15-14-21-4-2/h5-13,21H,3-4,14-15H2,1-2H3. The van der Waals surface area contributed by atoms with E-state index in [4.69, 9.17) is 0 Å². The third-order valence-electron chi connectivity index (χ3n) is 4.82. The van der Waals surface area contributed by atoms with E-state index in [1.165, 1.54) is 0 Å². The molecule has 3 rings (SSSR count). The fourth-order valence-corrected chi connectivity index (χ4v) is 3.66. The first-order valence-corrected chi connectivity index (χ1v) is 8.43. The zero-order valence-corrected chi connectivity index (χ0v) is 13.9. The molecule has 1 atom stereocenters. The highest BCUT2D eigenvalue weighted by atomic mass is 16.2. The van der Waals surface area contributed by atoms with Crippen LogP contribution in [0, 0.1) is 0 Å². The molecule has 0 aromatic heterocycles. The van der Waals surface area contributed by atoms with Crippen LogP contribution in [0.5, 0.6) is 0 Å². The van der Waals surface area contributed by atoms with Crippen molar-refractivity contribution in [3.05, 3.63) is 65.7 Å². The molecule has 2 aromatic carbocycles. The highest BCUT2D eigenvalue weighted by molar-refractivity contribution is 6.10. The molecule has 3 heteroatoms. The maximum absolute atomic E-state index is 13.4. The van der Waals surface area contributed by atoms with E-state index in [1.807, 2.05) is 35.2 Å². The van der Waals surface area contributed by atoms with E-state index in [0.29, 0.717) is 6.54 Å². The molecule has 1 N–H and O–H groups in total. The van der Waals surface area contributed by atoms with E-state index < -0.39 is 5.41 Å².